The molecule has 32 heavy (non-hydrogen) atoms. The number of carbonyl (C=O) groups excluding carboxylic acids is 1. The van der Waals surface area contributed by atoms with Gasteiger partial charge in [0.25, 0.3) is 0 Å². The molecule has 0 aliphatic heterocycles. The molecule has 0 atom stereocenters. The second-order valence-electron chi connectivity index (χ2n) is 7.64. The summed E-state index contributed by atoms with van der Waals surface area (Å²) in [5, 5.41) is 7.65. The van der Waals surface area contributed by atoms with Gasteiger partial charge in [-0.1, -0.05) is 55.8 Å². The van der Waals surface area contributed by atoms with Gasteiger partial charge in [0.2, 0.25) is 5.91 Å². The van der Waals surface area contributed by atoms with E-state index in [9.17, 15) is 9.18 Å². The summed E-state index contributed by atoms with van der Waals surface area (Å²) in [6.07, 6.45) is 2.39. The normalized spacial score (nSPS) is 10.8. The van der Waals surface area contributed by atoms with Gasteiger partial charge >= 0.3 is 0 Å². The lowest BCUT2D eigenvalue weighted by atomic mass is 10.2. The topological polar surface area (TPSA) is 59.8 Å². The lowest BCUT2D eigenvalue weighted by molar-refractivity contribution is -0.116. The van der Waals surface area contributed by atoms with Crippen LogP contribution in [-0.4, -0.2) is 20.7 Å². The molecule has 0 saturated heterocycles. The highest BCUT2D eigenvalue weighted by Gasteiger charge is 2.14. The number of aromatic nitrogens is 3. The zero-order valence-electron chi connectivity index (χ0n) is 18.0. The van der Waals surface area contributed by atoms with Crippen LogP contribution < -0.4 is 5.32 Å². The van der Waals surface area contributed by atoms with Crippen molar-refractivity contribution in [2.75, 3.05) is 5.32 Å². The summed E-state index contributed by atoms with van der Waals surface area (Å²) in [4.78, 5) is 16.7. The fourth-order valence-electron chi connectivity index (χ4n) is 3.40. The van der Waals surface area contributed by atoms with Crippen LogP contribution in [-0.2, 0) is 11.3 Å². The molecule has 0 spiro atoms. The molecule has 0 aliphatic rings. The molecule has 5 nitrogen and oxygen atoms in total. The zero-order valence-corrected chi connectivity index (χ0v) is 18.0. The van der Waals surface area contributed by atoms with Gasteiger partial charge in [-0.15, -0.1) is 0 Å². The Morgan fingerprint density at radius 3 is 2.34 bits per heavy atom. The van der Waals surface area contributed by atoms with E-state index in [2.05, 4.69) is 12.2 Å². The van der Waals surface area contributed by atoms with Crippen LogP contribution >= 0.6 is 0 Å². The fraction of sp³-hybridized carbons (Fsp3) is 0.192. The number of halogens is 1. The standard InChI is InChI=1S/C26H25FN4O/c1-2-3-9-24(32)28-23-16-12-20(13-17-23)25-29-26(21-7-5-4-6-8-21)31(30-25)18-19-10-14-22(27)15-11-19/h4-8,10-17H,2-3,9,18H2,1H3,(H,28,32). The first-order valence-electron chi connectivity index (χ1n) is 10.8. The number of anilines is 1. The Morgan fingerprint density at radius 2 is 1.66 bits per heavy atom. The molecule has 1 aromatic heterocycles. The number of amides is 1. The Labute approximate surface area is 186 Å². The SMILES string of the molecule is CCCCC(=O)Nc1ccc(-c2nc(-c3ccccc3)n(Cc3ccc(F)cc3)n2)cc1. The molecule has 6 heteroatoms. The molecular weight excluding hydrogens is 403 g/mol. The number of rotatable bonds is 8. The fourth-order valence-corrected chi connectivity index (χ4v) is 3.40. The number of carbonyl (C=O) groups is 1. The molecule has 0 fully saturated rings. The minimum absolute atomic E-state index is 0.0210. The molecule has 1 amide bonds. The summed E-state index contributed by atoms with van der Waals surface area (Å²) in [6.45, 7) is 2.54. The van der Waals surface area contributed by atoms with Crippen LogP contribution in [0.25, 0.3) is 22.8 Å². The Kier molecular flexibility index (Phi) is 6.70. The van der Waals surface area contributed by atoms with E-state index in [1.807, 2.05) is 59.3 Å². The monoisotopic (exact) mass is 428 g/mol. The highest BCUT2D eigenvalue weighted by atomic mass is 19.1. The second-order valence-corrected chi connectivity index (χ2v) is 7.64. The van der Waals surface area contributed by atoms with E-state index in [4.69, 9.17) is 10.1 Å². The predicted octanol–water partition coefficient (Wildman–Crippen LogP) is 5.93. The molecule has 1 heterocycles. The van der Waals surface area contributed by atoms with Crippen molar-refractivity contribution in [2.45, 2.75) is 32.7 Å². The molecule has 3 aromatic carbocycles. The van der Waals surface area contributed by atoms with Crippen LogP contribution in [0.2, 0.25) is 0 Å². The quantitative estimate of drug-likeness (QED) is 0.378. The van der Waals surface area contributed by atoms with Crippen LogP contribution in [0.4, 0.5) is 10.1 Å². The van der Waals surface area contributed by atoms with Crippen LogP contribution in [0.15, 0.2) is 78.9 Å². The van der Waals surface area contributed by atoms with E-state index in [1.165, 1.54) is 12.1 Å². The summed E-state index contributed by atoms with van der Waals surface area (Å²) >= 11 is 0. The number of unbranched alkanes of at least 4 members (excludes halogenated alkanes) is 1. The van der Waals surface area contributed by atoms with Gasteiger partial charge in [-0.05, 0) is 48.4 Å². The van der Waals surface area contributed by atoms with Crippen molar-refractivity contribution >= 4 is 11.6 Å². The van der Waals surface area contributed by atoms with E-state index in [1.54, 1.807) is 12.1 Å². The molecule has 1 N–H and O–H groups in total. The number of hydrogen-bond acceptors (Lipinski definition) is 3. The van der Waals surface area contributed by atoms with Crippen LogP contribution in [0, 0.1) is 5.82 Å². The maximum absolute atomic E-state index is 13.3. The molecule has 162 valence electrons. The van der Waals surface area contributed by atoms with Crippen molar-refractivity contribution in [3.05, 3.63) is 90.2 Å². The molecule has 4 rings (SSSR count). The molecule has 0 saturated carbocycles. The molecule has 4 aromatic rings. The largest absolute Gasteiger partial charge is 0.326 e. The number of nitrogens with one attached hydrogen (secondary N) is 1. The van der Waals surface area contributed by atoms with Crippen molar-refractivity contribution in [2.24, 2.45) is 0 Å². The zero-order chi connectivity index (χ0) is 22.3. The van der Waals surface area contributed by atoms with Crippen LogP contribution in [0.3, 0.4) is 0 Å². The van der Waals surface area contributed by atoms with Gasteiger partial charge in [-0.2, -0.15) is 5.10 Å². The lowest BCUT2D eigenvalue weighted by Gasteiger charge is -2.06. The second kappa shape index (κ2) is 10.0. The van der Waals surface area contributed by atoms with Gasteiger partial charge < -0.3 is 5.32 Å². The van der Waals surface area contributed by atoms with E-state index in [-0.39, 0.29) is 11.7 Å². The predicted molar refractivity (Wildman–Crippen MR) is 125 cm³/mol. The molecule has 0 bridgehead atoms. The number of benzene rings is 3. The third-order valence-electron chi connectivity index (χ3n) is 5.13. The van der Waals surface area contributed by atoms with Crippen molar-refractivity contribution in [1.29, 1.82) is 0 Å². The van der Waals surface area contributed by atoms with Crippen LogP contribution in [0.5, 0.6) is 0 Å². The number of hydrogen-bond donors (Lipinski definition) is 1. The van der Waals surface area contributed by atoms with Gasteiger partial charge in [0.15, 0.2) is 11.6 Å². The molecule has 0 unspecified atom stereocenters. The first-order valence-corrected chi connectivity index (χ1v) is 10.8. The van der Waals surface area contributed by atoms with Gasteiger partial charge in [0.1, 0.15) is 5.82 Å². The van der Waals surface area contributed by atoms with Crippen molar-refractivity contribution in [1.82, 2.24) is 14.8 Å². The Bertz CT molecular complexity index is 1170. The van der Waals surface area contributed by atoms with Crippen molar-refractivity contribution < 1.29 is 9.18 Å². The molecular formula is C26H25FN4O. The third kappa shape index (κ3) is 5.27. The maximum atomic E-state index is 13.3. The highest BCUT2D eigenvalue weighted by molar-refractivity contribution is 5.90. The summed E-state index contributed by atoms with van der Waals surface area (Å²) in [5.74, 6) is 1.09. The minimum atomic E-state index is -0.266. The lowest BCUT2D eigenvalue weighted by Crippen LogP contribution is -2.10. The first kappa shape index (κ1) is 21.4. The van der Waals surface area contributed by atoms with Crippen LogP contribution in [0.1, 0.15) is 31.7 Å². The molecule has 0 radical (unpaired) electrons. The Balaban J connectivity index is 1.61. The minimum Gasteiger partial charge on any atom is -0.326 e. The average molecular weight is 429 g/mol. The molecule has 0 aliphatic carbocycles. The summed E-state index contributed by atoms with van der Waals surface area (Å²) in [7, 11) is 0. The van der Waals surface area contributed by atoms with E-state index in [0.717, 1.165) is 41.0 Å². The first-order chi connectivity index (χ1) is 15.6. The van der Waals surface area contributed by atoms with Crippen molar-refractivity contribution in [3.63, 3.8) is 0 Å². The van der Waals surface area contributed by atoms with Crippen molar-refractivity contribution in [3.8, 4) is 22.8 Å². The summed E-state index contributed by atoms with van der Waals surface area (Å²) in [5.41, 5.74) is 3.49. The smallest absolute Gasteiger partial charge is 0.224 e. The van der Waals surface area contributed by atoms with E-state index < -0.39 is 0 Å². The maximum Gasteiger partial charge on any atom is 0.224 e. The summed E-state index contributed by atoms with van der Waals surface area (Å²) < 4.78 is 15.1. The Hall–Kier alpha value is -3.80. The van der Waals surface area contributed by atoms with E-state index in [0.29, 0.717) is 18.8 Å². The summed E-state index contributed by atoms with van der Waals surface area (Å²) in [6, 6.07) is 23.8. The van der Waals surface area contributed by atoms with Gasteiger partial charge in [-0.3, -0.25) is 4.79 Å². The average Bonchev–Trinajstić information content (AvgIpc) is 3.24. The third-order valence-corrected chi connectivity index (χ3v) is 5.13. The van der Waals surface area contributed by atoms with Gasteiger partial charge in [0.05, 0.1) is 6.54 Å². The van der Waals surface area contributed by atoms with Gasteiger partial charge in [-0.25, -0.2) is 14.1 Å². The van der Waals surface area contributed by atoms with Gasteiger partial charge in [0, 0.05) is 23.2 Å². The number of nitrogens with zero attached hydrogens (tertiary/aromatic N) is 3. The Morgan fingerprint density at radius 1 is 0.938 bits per heavy atom. The van der Waals surface area contributed by atoms with E-state index >= 15 is 0 Å². The highest BCUT2D eigenvalue weighted by Crippen LogP contribution is 2.24.